The fourth-order valence-electron chi connectivity index (χ4n) is 2.69. The Bertz CT molecular complexity index is 1050. The van der Waals surface area contributed by atoms with Gasteiger partial charge in [-0.25, -0.2) is 0 Å². The predicted molar refractivity (Wildman–Crippen MR) is 87.5 cm³/mol. The zero-order chi connectivity index (χ0) is 16.1. The maximum atomic E-state index is 5.64. The molecule has 24 heavy (non-hydrogen) atoms. The molecule has 120 valence electrons. The van der Waals surface area contributed by atoms with E-state index in [1.165, 1.54) is 11.3 Å². The standard InChI is InChI=1S/C16H12N4O3S/c1-9-11(4-5-21-9)14-17-18-16-20(14)19-15(24-16)10-2-3-12-13(8-10)23-7-6-22-12/h2-5,8H,6-7H2,1H3. The molecule has 0 saturated carbocycles. The number of rotatable bonds is 2. The van der Waals surface area contributed by atoms with Crippen LogP contribution in [0.2, 0.25) is 0 Å². The molecule has 0 amide bonds. The minimum Gasteiger partial charge on any atom is -0.486 e. The normalized spacial score (nSPS) is 13.5. The summed E-state index contributed by atoms with van der Waals surface area (Å²) in [6.45, 7) is 3.03. The maximum Gasteiger partial charge on any atom is 0.235 e. The van der Waals surface area contributed by atoms with Crippen molar-refractivity contribution in [3.05, 3.63) is 36.3 Å². The lowest BCUT2D eigenvalue weighted by Gasteiger charge is -2.18. The highest BCUT2D eigenvalue weighted by Gasteiger charge is 2.19. The van der Waals surface area contributed by atoms with Crippen LogP contribution in [0, 0.1) is 6.92 Å². The predicted octanol–water partition coefficient (Wildman–Crippen LogP) is 3.19. The molecule has 0 fully saturated rings. The molecule has 1 aliphatic rings. The number of furan rings is 1. The van der Waals surface area contributed by atoms with Gasteiger partial charge in [-0.15, -0.1) is 10.2 Å². The highest BCUT2D eigenvalue weighted by Crippen LogP contribution is 2.36. The summed E-state index contributed by atoms with van der Waals surface area (Å²) in [5, 5.41) is 13.9. The third-order valence-corrected chi connectivity index (χ3v) is 4.83. The Morgan fingerprint density at radius 1 is 1.08 bits per heavy atom. The maximum absolute atomic E-state index is 5.64. The van der Waals surface area contributed by atoms with Gasteiger partial charge in [0.25, 0.3) is 0 Å². The molecule has 8 heteroatoms. The van der Waals surface area contributed by atoms with Crippen molar-refractivity contribution in [3.8, 4) is 33.5 Å². The van der Waals surface area contributed by atoms with Crippen molar-refractivity contribution in [2.24, 2.45) is 0 Å². The Hall–Kier alpha value is -2.87. The van der Waals surface area contributed by atoms with Crippen LogP contribution >= 0.6 is 11.3 Å². The van der Waals surface area contributed by atoms with E-state index in [4.69, 9.17) is 13.9 Å². The smallest absolute Gasteiger partial charge is 0.235 e. The molecular weight excluding hydrogens is 328 g/mol. The Labute approximate surface area is 140 Å². The van der Waals surface area contributed by atoms with E-state index in [2.05, 4.69) is 15.3 Å². The molecule has 1 aliphatic heterocycles. The molecule has 0 unspecified atom stereocenters. The van der Waals surface area contributed by atoms with Crippen molar-refractivity contribution in [2.45, 2.75) is 6.92 Å². The van der Waals surface area contributed by atoms with Gasteiger partial charge in [0.15, 0.2) is 17.3 Å². The first-order valence-electron chi connectivity index (χ1n) is 7.46. The van der Waals surface area contributed by atoms with Crippen molar-refractivity contribution in [3.63, 3.8) is 0 Å². The van der Waals surface area contributed by atoms with E-state index in [1.54, 1.807) is 10.8 Å². The minimum atomic E-state index is 0.561. The second-order valence-electron chi connectivity index (χ2n) is 5.37. The first-order valence-corrected chi connectivity index (χ1v) is 8.28. The summed E-state index contributed by atoms with van der Waals surface area (Å²) < 4.78 is 18.3. The fraction of sp³-hybridized carbons (Fsp3) is 0.188. The highest BCUT2D eigenvalue weighted by atomic mass is 32.1. The van der Waals surface area contributed by atoms with E-state index >= 15 is 0 Å². The summed E-state index contributed by atoms with van der Waals surface area (Å²) in [6.07, 6.45) is 1.64. The van der Waals surface area contributed by atoms with Crippen molar-refractivity contribution in [2.75, 3.05) is 13.2 Å². The van der Waals surface area contributed by atoms with Crippen molar-refractivity contribution >= 4 is 16.3 Å². The van der Waals surface area contributed by atoms with Gasteiger partial charge in [-0.2, -0.15) is 9.61 Å². The van der Waals surface area contributed by atoms with E-state index in [0.29, 0.717) is 19.0 Å². The number of ether oxygens (including phenoxy) is 2. The summed E-state index contributed by atoms with van der Waals surface area (Å²) in [4.78, 5) is 0.732. The quantitative estimate of drug-likeness (QED) is 0.558. The summed E-state index contributed by atoms with van der Waals surface area (Å²) in [5.41, 5.74) is 1.85. The number of aromatic nitrogens is 4. The van der Waals surface area contributed by atoms with Gasteiger partial charge in [-0.3, -0.25) is 0 Å². The fourth-order valence-corrected chi connectivity index (χ4v) is 3.53. The van der Waals surface area contributed by atoms with E-state index < -0.39 is 0 Å². The average Bonchev–Trinajstić information content (AvgIpc) is 3.30. The molecule has 0 saturated heterocycles. The van der Waals surface area contributed by atoms with Gasteiger partial charge in [0.2, 0.25) is 4.96 Å². The third-order valence-electron chi connectivity index (χ3n) is 3.88. The minimum absolute atomic E-state index is 0.561. The molecule has 5 rings (SSSR count). The molecule has 0 spiro atoms. The van der Waals surface area contributed by atoms with Crippen LogP contribution in [0.3, 0.4) is 0 Å². The largest absolute Gasteiger partial charge is 0.486 e. The number of aryl methyl sites for hydroxylation is 1. The van der Waals surface area contributed by atoms with Crippen LogP contribution in [0.4, 0.5) is 0 Å². The van der Waals surface area contributed by atoms with Gasteiger partial charge < -0.3 is 13.9 Å². The van der Waals surface area contributed by atoms with Gasteiger partial charge >= 0.3 is 0 Å². The molecule has 0 atom stereocenters. The van der Waals surface area contributed by atoms with Crippen LogP contribution in [0.5, 0.6) is 11.5 Å². The molecule has 0 bridgehead atoms. The van der Waals surface area contributed by atoms with Gasteiger partial charge in [0.05, 0.1) is 11.8 Å². The number of hydrogen-bond donors (Lipinski definition) is 0. The zero-order valence-electron chi connectivity index (χ0n) is 12.7. The van der Waals surface area contributed by atoms with E-state index in [-0.39, 0.29) is 0 Å². The van der Waals surface area contributed by atoms with E-state index in [0.717, 1.165) is 38.4 Å². The van der Waals surface area contributed by atoms with E-state index in [1.807, 2.05) is 31.2 Å². The molecule has 4 aromatic rings. The van der Waals surface area contributed by atoms with Gasteiger partial charge in [0, 0.05) is 5.56 Å². The van der Waals surface area contributed by atoms with Crippen LogP contribution in [0.15, 0.2) is 34.9 Å². The first-order chi connectivity index (χ1) is 11.8. The van der Waals surface area contributed by atoms with Gasteiger partial charge in [0.1, 0.15) is 24.0 Å². The number of fused-ring (bicyclic) bond motifs is 2. The Kier molecular flexibility index (Phi) is 2.86. The Balaban J connectivity index is 1.61. The molecule has 0 aliphatic carbocycles. The zero-order valence-corrected chi connectivity index (χ0v) is 13.5. The van der Waals surface area contributed by atoms with Crippen LogP contribution in [0.1, 0.15) is 5.76 Å². The van der Waals surface area contributed by atoms with Crippen molar-refractivity contribution in [1.82, 2.24) is 19.8 Å². The second kappa shape index (κ2) is 5.07. The highest BCUT2D eigenvalue weighted by molar-refractivity contribution is 7.19. The third kappa shape index (κ3) is 2.00. The molecular formula is C16H12N4O3S. The van der Waals surface area contributed by atoms with Crippen molar-refractivity contribution in [1.29, 1.82) is 0 Å². The molecule has 4 heterocycles. The molecule has 0 radical (unpaired) electrons. The van der Waals surface area contributed by atoms with E-state index in [9.17, 15) is 0 Å². The monoisotopic (exact) mass is 340 g/mol. The lowest BCUT2D eigenvalue weighted by atomic mass is 10.2. The summed E-state index contributed by atoms with van der Waals surface area (Å²) in [7, 11) is 0. The summed E-state index contributed by atoms with van der Waals surface area (Å²) in [6, 6.07) is 7.70. The Morgan fingerprint density at radius 3 is 2.79 bits per heavy atom. The SMILES string of the molecule is Cc1occc1-c1nnc2sc(-c3ccc4c(c3)OCCO4)nn12. The second-order valence-corrected chi connectivity index (χ2v) is 6.33. The molecule has 1 aromatic carbocycles. The van der Waals surface area contributed by atoms with Gasteiger partial charge in [-0.1, -0.05) is 11.3 Å². The Morgan fingerprint density at radius 2 is 1.96 bits per heavy atom. The summed E-state index contributed by atoms with van der Waals surface area (Å²) in [5.74, 6) is 2.98. The topological polar surface area (TPSA) is 74.7 Å². The van der Waals surface area contributed by atoms with Crippen LogP contribution in [-0.4, -0.2) is 33.0 Å². The average molecular weight is 340 g/mol. The molecule has 3 aromatic heterocycles. The van der Waals surface area contributed by atoms with Crippen LogP contribution in [0.25, 0.3) is 26.9 Å². The van der Waals surface area contributed by atoms with Crippen molar-refractivity contribution < 1.29 is 13.9 Å². The molecule has 0 N–H and O–H groups in total. The van der Waals surface area contributed by atoms with Crippen LogP contribution in [-0.2, 0) is 0 Å². The summed E-state index contributed by atoms with van der Waals surface area (Å²) >= 11 is 1.48. The first kappa shape index (κ1) is 13.6. The number of benzene rings is 1. The lowest BCUT2D eigenvalue weighted by molar-refractivity contribution is 0.171. The molecule has 7 nitrogen and oxygen atoms in total. The van der Waals surface area contributed by atoms with Crippen LogP contribution < -0.4 is 9.47 Å². The van der Waals surface area contributed by atoms with Gasteiger partial charge in [-0.05, 0) is 31.2 Å². The lowest BCUT2D eigenvalue weighted by Crippen LogP contribution is -2.15. The number of nitrogens with zero attached hydrogens (tertiary/aromatic N) is 4. The number of hydrogen-bond acceptors (Lipinski definition) is 7.